The first-order valence-electron chi connectivity index (χ1n) is 7.00. The summed E-state index contributed by atoms with van der Waals surface area (Å²) in [5, 5.41) is 9.89. The highest BCUT2D eigenvalue weighted by Crippen LogP contribution is 2.14. The number of nitrogens with zero attached hydrogens (tertiary/aromatic N) is 2. The van der Waals surface area contributed by atoms with Gasteiger partial charge in [0.15, 0.2) is 0 Å². The fourth-order valence-corrected chi connectivity index (χ4v) is 2.08. The van der Waals surface area contributed by atoms with Gasteiger partial charge in [-0.1, -0.05) is 20.3 Å². The zero-order chi connectivity index (χ0) is 14.5. The Labute approximate surface area is 118 Å². The van der Waals surface area contributed by atoms with E-state index in [9.17, 15) is 4.79 Å². The molecule has 1 atom stereocenters. The van der Waals surface area contributed by atoms with Gasteiger partial charge in [0.1, 0.15) is 11.5 Å². The predicted molar refractivity (Wildman–Crippen MR) is 76.4 cm³/mol. The number of carbonyl (C=O) groups excluding carboxylic acids is 1. The predicted octanol–water partition coefficient (Wildman–Crippen LogP) is 2.27. The van der Waals surface area contributed by atoms with E-state index in [-0.39, 0.29) is 11.9 Å². The van der Waals surface area contributed by atoms with Crippen LogP contribution < -0.4 is 5.32 Å². The van der Waals surface area contributed by atoms with Crippen LogP contribution in [0.2, 0.25) is 0 Å². The quantitative estimate of drug-likeness (QED) is 0.756. The van der Waals surface area contributed by atoms with Crippen molar-refractivity contribution in [3.8, 4) is 0 Å². The Balaban J connectivity index is 2.04. The van der Waals surface area contributed by atoms with Crippen LogP contribution in [-0.2, 0) is 6.42 Å². The molecule has 0 aliphatic heterocycles. The van der Waals surface area contributed by atoms with Crippen molar-refractivity contribution in [1.29, 1.82) is 0 Å². The summed E-state index contributed by atoms with van der Waals surface area (Å²) in [6, 6.07) is 1.68. The Kier molecular flexibility index (Phi) is 4.55. The molecule has 6 nitrogen and oxygen atoms in total. The van der Waals surface area contributed by atoms with Crippen molar-refractivity contribution < 1.29 is 4.79 Å². The van der Waals surface area contributed by atoms with Crippen LogP contribution in [0.3, 0.4) is 0 Å². The van der Waals surface area contributed by atoms with Gasteiger partial charge in [-0.3, -0.25) is 9.89 Å². The van der Waals surface area contributed by atoms with Gasteiger partial charge < -0.3 is 10.3 Å². The number of amides is 1. The summed E-state index contributed by atoms with van der Waals surface area (Å²) in [5.74, 6) is 0.604. The third-order valence-electron chi connectivity index (χ3n) is 3.15. The molecule has 3 N–H and O–H groups in total. The first-order valence-corrected chi connectivity index (χ1v) is 7.00. The molecule has 1 amide bonds. The number of H-pyrrole nitrogens is 2. The van der Waals surface area contributed by atoms with E-state index >= 15 is 0 Å². The summed E-state index contributed by atoms with van der Waals surface area (Å²) in [4.78, 5) is 19.6. The number of carbonyl (C=O) groups is 1. The molecule has 0 aliphatic carbocycles. The summed E-state index contributed by atoms with van der Waals surface area (Å²) >= 11 is 0. The van der Waals surface area contributed by atoms with Crippen LogP contribution in [0.1, 0.15) is 60.4 Å². The number of imidazole rings is 1. The lowest BCUT2D eigenvalue weighted by atomic mass is 10.2. The largest absolute Gasteiger partial charge is 0.344 e. The number of aryl methyl sites for hydroxylation is 2. The molecule has 2 heterocycles. The van der Waals surface area contributed by atoms with Gasteiger partial charge in [-0.2, -0.15) is 5.10 Å². The maximum absolute atomic E-state index is 12.2. The van der Waals surface area contributed by atoms with E-state index in [1.54, 1.807) is 12.3 Å². The summed E-state index contributed by atoms with van der Waals surface area (Å²) in [6.45, 7) is 6.04. The van der Waals surface area contributed by atoms with Crippen LogP contribution in [0.15, 0.2) is 12.3 Å². The first kappa shape index (κ1) is 14.3. The minimum absolute atomic E-state index is 0.123. The van der Waals surface area contributed by atoms with Crippen molar-refractivity contribution in [2.45, 2.75) is 46.1 Å². The van der Waals surface area contributed by atoms with Crippen LogP contribution in [0.4, 0.5) is 0 Å². The molecule has 0 unspecified atom stereocenters. The van der Waals surface area contributed by atoms with Gasteiger partial charge in [0.25, 0.3) is 5.91 Å². The van der Waals surface area contributed by atoms with E-state index < -0.39 is 0 Å². The van der Waals surface area contributed by atoms with E-state index in [1.807, 2.05) is 13.8 Å². The average Bonchev–Trinajstić information content (AvgIpc) is 3.05. The number of aromatic nitrogens is 4. The topological polar surface area (TPSA) is 86.5 Å². The Morgan fingerprint density at radius 2 is 2.25 bits per heavy atom. The maximum Gasteiger partial charge on any atom is 0.272 e. The van der Waals surface area contributed by atoms with Gasteiger partial charge in [0.05, 0.1) is 6.04 Å². The monoisotopic (exact) mass is 275 g/mol. The lowest BCUT2D eigenvalue weighted by Crippen LogP contribution is -2.29. The Bertz CT molecular complexity index is 572. The van der Waals surface area contributed by atoms with E-state index in [1.165, 1.54) is 0 Å². The van der Waals surface area contributed by atoms with Crippen LogP contribution in [0, 0.1) is 6.92 Å². The number of nitrogens with one attached hydrogen (secondary N) is 3. The molecule has 2 aromatic heterocycles. The standard InChI is InChI=1S/C14H21N5O/c1-4-6-10-7-12(19-18-10)14(20)17-11(5-2)13-15-8-9(3)16-13/h7-8,11H,4-6H2,1-3H3,(H,15,16)(H,17,20)(H,18,19)/t11-/m0/s1. The molecular weight excluding hydrogens is 254 g/mol. The van der Waals surface area contributed by atoms with Gasteiger partial charge in [0.2, 0.25) is 0 Å². The van der Waals surface area contributed by atoms with Crippen LogP contribution in [0.25, 0.3) is 0 Å². The number of hydrogen-bond acceptors (Lipinski definition) is 3. The van der Waals surface area contributed by atoms with Crippen molar-refractivity contribution in [3.63, 3.8) is 0 Å². The molecule has 108 valence electrons. The van der Waals surface area contributed by atoms with Gasteiger partial charge >= 0.3 is 0 Å². The van der Waals surface area contributed by atoms with Crippen molar-refractivity contribution in [3.05, 3.63) is 35.2 Å². The van der Waals surface area contributed by atoms with Gasteiger partial charge in [0, 0.05) is 17.6 Å². The molecule has 6 heteroatoms. The summed E-state index contributed by atoms with van der Waals surface area (Å²) in [5.41, 5.74) is 2.40. The smallest absolute Gasteiger partial charge is 0.272 e. The molecule has 0 aliphatic rings. The van der Waals surface area contributed by atoms with Crippen molar-refractivity contribution in [2.75, 3.05) is 0 Å². The number of hydrogen-bond donors (Lipinski definition) is 3. The highest BCUT2D eigenvalue weighted by atomic mass is 16.2. The van der Waals surface area contributed by atoms with Crippen molar-refractivity contribution in [1.82, 2.24) is 25.5 Å². The first-order chi connectivity index (χ1) is 9.63. The van der Waals surface area contributed by atoms with Crippen LogP contribution in [0.5, 0.6) is 0 Å². The minimum atomic E-state index is -0.176. The molecule has 0 radical (unpaired) electrons. The van der Waals surface area contributed by atoms with E-state index in [0.29, 0.717) is 5.69 Å². The minimum Gasteiger partial charge on any atom is -0.344 e. The van der Waals surface area contributed by atoms with E-state index in [0.717, 1.165) is 36.5 Å². The molecule has 2 aromatic rings. The summed E-state index contributed by atoms with van der Waals surface area (Å²) in [6.07, 6.45) is 4.45. The van der Waals surface area contributed by atoms with Gasteiger partial charge in [-0.15, -0.1) is 0 Å². The number of rotatable bonds is 6. The van der Waals surface area contributed by atoms with Gasteiger partial charge in [-0.05, 0) is 25.8 Å². The Hall–Kier alpha value is -2.11. The average molecular weight is 275 g/mol. The lowest BCUT2D eigenvalue weighted by Gasteiger charge is -2.13. The highest BCUT2D eigenvalue weighted by Gasteiger charge is 2.18. The lowest BCUT2D eigenvalue weighted by molar-refractivity contribution is 0.0928. The van der Waals surface area contributed by atoms with Crippen molar-refractivity contribution in [2.24, 2.45) is 0 Å². The fourth-order valence-electron chi connectivity index (χ4n) is 2.08. The van der Waals surface area contributed by atoms with Crippen LogP contribution in [-0.4, -0.2) is 26.1 Å². The second-order valence-corrected chi connectivity index (χ2v) is 4.91. The summed E-state index contributed by atoms with van der Waals surface area (Å²) in [7, 11) is 0. The SMILES string of the molecule is CCCc1cc(C(=O)N[C@@H](CC)c2ncc(C)[nH]2)n[nH]1. The summed E-state index contributed by atoms with van der Waals surface area (Å²) < 4.78 is 0. The number of aromatic amines is 2. The fraction of sp³-hybridized carbons (Fsp3) is 0.500. The van der Waals surface area contributed by atoms with Crippen LogP contribution >= 0.6 is 0 Å². The molecule has 0 saturated heterocycles. The molecule has 2 rings (SSSR count). The van der Waals surface area contributed by atoms with E-state index in [4.69, 9.17) is 0 Å². The van der Waals surface area contributed by atoms with Crippen molar-refractivity contribution >= 4 is 5.91 Å². The molecular formula is C14H21N5O. The second kappa shape index (κ2) is 6.36. The van der Waals surface area contributed by atoms with E-state index in [2.05, 4.69) is 32.4 Å². The zero-order valence-electron chi connectivity index (χ0n) is 12.2. The third-order valence-corrected chi connectivity index (χ3v) is 3.15. The second-order valence-electron chi connectivity index (χ2n) is 4.91. The Morgan fingerprint density at radius 1 is 1.45 bits per heavy atom. The molecule has 20 heavy (non-hydrogen) atoms. The maximum atomic E-state index is 12.2. The Morgan fingerprint density at radius 3 is 2.85 bits per heavy atom. The zero-order valence-corrected chi connectivity index (χ0v) is 12.2. The normalized spacial score (nSPS) is 12.3. The third kappa shape index (κ3) is 3.26. The molecule has 0 spiro atoms. The van der Waals surface area contributed by atoms with Gasteiger partial charge in [-0.25, -0.2) is 4.98 Å². The highest BCUT2D eigenvalue weighted by molar-refractivity contribution is 5.92. The molecule has 0 saturated carbocycles. The molecule has 0 bridgehead atoms. The molecule has 0 aromatic carbocycles. The molecule has 0 fully saturated rings.